The first-order chi connectivity index (χ1) is 20.3. The SMILES string of the molecule is C=CC(=O)Nc1cc(Nc2nccc(-c3c4n(c5ccc(F)cc35)CCC4)n2)c(OC)cc1N(C)CCN(C)C.CC. The molecule has 2 aromatic carbocycles. The smallest absolute Gasteiger partial charge is 0.247 e. The Labute approximate surface area is 247 Å². The first kappa shape index (κ1) is 30.5. The fourth-order valence-corrected chi connectivity index (χ4v) is 5.17. The number of ether oxygens (including phenoxy) is 1. The molecule has 0 saturated carbocycles. The summed E-state index contributed by atoms with van der Waals surface area (Å²) >= 11 is 0. The van der Waals surface area contributed by atoms with Crippen molar-refractivity contribution in [1.29, 1.82) is 0 Å². The number of fused-ring (bicyclic) bond motifs is 3. The van der Waals surface area contributed by atoms with Gasteiger partial charge in [-0.2, -0.15) is 0 Å². The van der Waals surface area contributed by atoms with Crippen molar-refractivity contribution in [2.24, 2.45) is 0 Å². The van der Waals surface area contributed by atoms with Gasteiger partial charge in [0.1, 0.15) is 11.6 Å². The molecule has 9 nitrogen and oxygen atoms in total. The van der Waals surface area contributed by atoms with E-state index >= 15 is 0 Å². The van der Waals surface area contributed by atoms with E-state index in [0.29, 0.717) is 28.8 Å². The Morgan fingerprint density at radius 2 is 1.93 bits per heavy atom. The molecule has 0 unspecified atom stereocenters. The van der Waals surface area contributed by atoms with Crippen LogP contribution in [0.4, 0.5) is 27.4 Å². The predicted molar refractivity (Wildman–Crippen MR) is 170 cm³/mol. The lowest BCUT2D eigenvalue weighted by molar-refractivity contribution is -0.111. The van der Waals surface area contributed by atoms with E-state index in [4.69, 9.17) is 9.72 Å². The number of rotatable bonds is 10. The Balaban J connectivity index is 0.00000198. The molecule has 10 heteroatoms. The Hall–Kier alpha value is -4.44. The van der Waals surface area contributed by atoms with Crippen LogP contribution in [-0.2, 0) is 17.8 Å². The molecule has 3 heterocycles. The lowest BCUT2D eigenvalue weighted by Crippen LogP contribution is -2.29. The average molecular weight is 574 g/mol. The number of hydrogen-bond donors (Lipinski definition) is 2. The quantitative estimate of drug-likeness (QED) is 0.222. The van der Waals surface area contributed by atoms with Gasteiger partial charge in [-0.15, -0.1) is 0 Å². The van der Waals surface area contributed by atoms with E-state index in [1.54, 1.807) is 25.4 Å². The van der Waals surface area contributed by atoms with E-state index in [1.165, 1.54) is 12.1 Å². The summed E-state index contributed by atoms with van der Waals surface area (Å²) in [6.45, 7) is 10.1. The van der Waals surface area contributed by atoms with Crippen molar-refractivity contribution in [3.63, 3.8) is 0 Å². The van der Waals surface area contributed by atoms with Crippen molar-refractivity contribution in [2.75, 3.05) is 56.9 Å². The number of halogens is 1. The summed E-state index contributed by atoms with van der Waals surface area (Å²) in [5.74, 6) is 0.320. The number of aromatic nitrogens is 3. The number of nitrogens with one attached hydrogen (secondary N) is 2. The number of likely N-dealkylation sites (N-methyl/N-ethyl adjacent to an activating group) is 2. The standard InChI is InChI=1S/C30H34FN7O2.C2H6/c1-6-28(39)33-22-17-23(27(40-5)18-26(22)37(4)15-14-36(2)3)35-30-32-12-11-21(34-30)29-20-16-19(31)9-10-24(20)38-13-7-8-25(29)38;1-2/h6,9-12,16-18H,1,7-8,13-15H2,2-5H3,(H,33,39)(H,32,34,35);1-2H3. The van der Waals surface area contributed by atoms with Gasteiger partial charge in [0, 0.05) is 61.1 Å². The van der Waals surface area contributed by atoms with Crippen LogP contribution in [0.25, 0.3) is 22.2 Å². The molecule has 222 valence electrons. The van der Waals surface area contributed by atoms with Gasteiger partial charge in [0.15, 0.2) is 0 Å². The van der Waals surface area contributed by atoms with Crippen molar-refractivity contribution >= 4 is 39.8 Å². The van der Waals surface area contributed by atoms with E-state index in [9.17, 15) is 9.18 Å². The van der Waals surface area contributed by atoms with Crippen LogP contribution in [0.15, 0.2) is 55.3 Å². The highest BCUT2D eigenvalue weighted by Crippen LogP contribution is 2.40. The fourth-order valence-electron chi connectivity index (χ4n) is 5.17. The van der Waals surface area contributed by atoms with E-state index in [2.05, 4.69) is 36.6 Å². The van der Waals surface area contributed by atoms with Crippen molar-refractivity contribution in [1.82, 2.24) is 19.4 Å². The molecule has 0 aliphatic carbocycles. The number of aryl methyl sites for hydroxylation is 1. The lowest BCUT2D eigenvalue weighted by Gasteiger charge is -2.26. The molecule has 5 rings (SSSR count). The van der Waals surface area contributed by atoms with E-state index in [1.807, 2.05) is 53.2 Å². The topological polar surface area (TPSA) is 87.5 Å². The van der Waals surface area contributed by atoms with Gasteiger partial charge in [0.2, 0.25) is 11.9 Å². The number of carbonyl (C=O) groups excluding carboxylic acids is 1. The molecule has 1 aliphatic heterocycles. The number of methoxy groups -OCH3 is 1. The van der Waals surface area contributed by atoms with Gasteiger partial charge in [0.05, 0.1) is 29.9 Å². The Morgan fingerprint density at radius 3 is 2.64 bits per heavy atom. The number of benzene rings is 2. The summed E-state index contributed by atoms with van der Waals surface area (Å²) in [6.07, 6.45) is 4.86. The van der Waals surface area contributed by atoms with E-state index in [0.717, 1.165) is 60.3 Å². The normalized spacial score (nSPS) is 12.0. The van der Waals surface area contributed by atoms with Crippen LogP contribution < -0.4 is 20.3 Å². The monoisotopic (exact) mass is 573 g/mol. The van der Waals surface area contributed by atoms with Gasteiger partial charge in [-0.25, -0.2) is 14.4 Å². The summed E-state index contributed by atoms with van der Waals surface area (Å²) in [5, 5.41) is 7.02. The molecule has 2 N–H and O–H groups in total. The molecule has 0 fully saturated rings. The second-order valence-corrected chi connectivity index (χ2v) is 10.1. The molecule has 1 aliphatic rings. The minimum absolute atomic E-state index is 0.278. The minimum atomic E-state index is -0.321. The molecular formula is C32H40FN7O2. The third-order valence-corrected chi connectivity index (χ3v) is 7.14. The van der Waals surface area contributed by atoms with Crippen LogP contribution in [0, 0.1) is 5.82 Å². The van der Waals surface area contributed by atoms with Gasteiger partial charge in [-0.3, -0.25) is 4.79 Å². The molecule has 0 spiro atoms. The van der Waals surface area contributed by atoms with Gasteiger partial charge in [-0.1, -0.05) is 20.4 Å². The average Bonchev–Trinajstić information content (AvgIpc) is 3.57. The van der Waals surface area contributed by atoms with Crippen molar-refractivity contribution in [2.45, 2.75) is 33.2 Å². The zero-order valence-corrected chi connectivity index (χ0v) is 25.3. The van der Waals surface area contributed by atoms with Crippen molar-refractivity contribution < 1.29 is 13.9 Å². The van der Waals surface area contributed by atoms with Crippen LogP contribution in [0.5, 0.6) is 5.75 Å². The Bertz CT molecular complexity index is 1580. The molecule has 0 atom stereocenters. The van der Waals surface area contributed by atoms with Crippen molar-refractivity contribution in [3.05, 3.63) is 66.8 Å². The fraction of sp³-hybridized carbons (Fsp3) is 0.344. The number of nitrogens with zero attached hydrogens (tertiary/aromatic N) is 5. The minimum Gasteiger partial charge on any atom is -0.494 e. The van der Waals surface area contributed by atoms with Crippen LogP contribution in [0.1, 0.15) is 26.0 Å². The van der Waals surface area contributed by atoms with Crippen LogP contribution in [0.3, 0.4) is 0 Å². The third kappa shape index (κ3) is 6.38. The summed E-state index contributed by atoms with van der Waals surface area (Å²) in [7, 11) is 7.58. The zero-order chi connectivity index (χ0) is 30.4. The highest BCUT2D eigenvalue weighted by atomic mass is 19.1. The van der Waals surface area contributed by atoms with Crippen LogP contribution in [0.2, 0.25) is 0 Å². The first-order valence-corrected chi connectivity index (χ1v) is 14.2. The summed E-state index contributed by atoms with van der Waals surface area (Å²) in [6, 6.07) is 10.4. The molecule has 0 saturated heterocycles. The second kappa shape index (κ2) is 13.5. The van der Waals surface area contributed by atoms with Gasteiger partial charge < -0.3 is 29.7 Å². The van der Waals surface area contributed by atoms with Crippen molar-refractivity contribution in [3.8, 4) is 17.0 Å². The second-order valence-electron chi connectivity index (χ2n) is 10.1. The maximum absolute atomic E-state index is 14.3. The molecule has 1 amide bonds. The van der Waals surface area contributed by atoms with Crippen LogP contribution in [-0.4, -0.2) is 66.7 Å². The van der Waals surface area contributed by atoms with Crippen LogP contribution >= 0.6 is 0 Å². The number of hydrogen-bond acceptors (Lipinski definition) is 7. The molecule has 2 aromatic heterocycles. The highest BCUT2D eigenvalue weighted by Gasteiger charge is 2.24. The Kier molecular flexibility index (Phi) is 9.80. The summed E-state index contributed by atoms with van der Waals surface area (Å²) in [5.41, 5.74) is 5.79. The van der Waals surface area contributed by atoms with E-state index < -0.39 is 0 Å². The molecule has 0 radical (unpaired) electrons. The van der Waals surface area contributed by atoms with Gasteiger partial charge >= 0.3 is 0 Å². The lowest BCUT2D eigenvalue weighted by atomic mass is 10.0. The molecule has 4 aromatic rings. The first-order valence-electron chi connectivity index (χ1n) is 14.2. The largest absolute Gasteiger partial charge is 0.494 e. The summed E-state index contributed by atoms with van der Waals surface area (Å²) in [4.78, 5) is 25.7. The molecular weight excluding hydrogens is 533 g/mol. The maximum atomic E-state index is 14.3. The zero-order valence-electron chi connectivity index (χ0n) is 25.3. The maximum Gasteiger partial charge on any atom is 0.247 e. The van der Waals surface area contributed by atoms with E-state index in [-0.39, 0.29) is 11.7 Å². The van der Waals surface area contributed by atoms with Gasteiger partial charge in [0.25, 0.3) is 0 Å². The Morgan fingerprint density at radius 1 is 1.14 bits per heavy atom. The van der Waals surface area contributed by atoms with Gasteiger partial charge in [-0.05, 0) is 63.3 Å². The predicted octanol–water partition coefficient (Wildman–Crippen LogP) is 6.08. The molecule has 42 heavy (non-hydrogen) atoms. The third-order valence-electron chi connectivity index (χ3n) is 7.14. The highest BCUT2D eigenvalue weighted by molar-refractivity contribution is 6.02. The summed E-state index contributed by atoms with van der Waals surface area (Å²) < 4.78 is 22.2. The number of anilines is 4. The molecule has 0 bridgehead atoms. The number of carbonyl (C=O) groups is 1. The number of amides is 1.